The second-order valence-electron chi connectivity index (χ2n) is 8.19. The molecule has 7 heteroatoms. The Kier molecular flexibility index (Phi) is 5.65. The Balaban J connectivity index is 1.55. The van der Waals surface area contributed by atoms with E-state index in [4.69, 9.17) is 0 Å². The molecular formula is C22H28N4O3. The third-order valence-corrected chi connectivity index (χ3v) is 6.21. The second kappa shape index (κ2) is 8.35. The molecular weight excluding hydrogens is 368 g/mol. The maximum absolute atomic E-state index is 12.9. The Morgan fingerprint density at radius 2 is 1.86 bits per heavy atom. The van der Waals surface area contributed by atoms with Crippen molar-refractivity contribution in [2.45, 2.75) is 70.4 Å². The van der Waals surface area contributed by atoms with Gasteiger partial charge in [0, 0.05) is 31.7 Å². The zero-order valence-electron chi connectivity index (χ0n) is 16.9. The van der Waals surface area contributed by atoms with Crippen molar-refractivity contribution in [1.82, 2.24) is 14.5 Å². The third-order valence-electron chi connectivity index (χ3n) is 6.21. The lowest BCUT2D eigenvalue weighted by Crippen LogP contribution is -2.44. The van der Waals surface area contributed by atoms with Crippen molar-refractivity contribution >= 4 is 28.4 Å². The van der Waals surface area contributed by atoms with Crippen LogP contribution in [0.5, 0.6) is 0 Å². The molecule has 0 spiro atoms. The van der Waals surface area contributed by atoms with Gasteiger partial charge in [-0.3, -0.25) is 19.0 Å². The number of nitrogens with one attached hydrogen (secondary N) is 1. The van der Waals surface area contributed by atoms with Crippen LogP contribution in [0.2, 0.25) is 0 Å². The standard InChI is InChI=1S/C22H28N4O3/c1-25(16-8-4-2-5-9-16)22(29)20(27)23-15-11-12-18-17(14-15)21(28)26-13-7-3-6-10-19(26)24-18/h11-12,14,16H,2-10,13H2,1H3,(H,23,27). The van der Waals surface area contributed by atoms with Crippen molar-refractivity contribution in [2.75, 3.05) is 12.4 Å². The van der Waals surface area contributed by atoms with Crippen LogP contribution in [-0.4, -0.2) is 39.4 Å². The number of carbonyl (C=O) groups excluding carboxylic acids is 2. The molecule has 2 aliphatic rings. The molecule has 29 heavy (non-hydrogen) atoms. The molecule has 7 nitrogen and oxygen atoms in total. The van der Waals surface area contributed by atoms with E-state index in [1.807, 2.05) is 0 Å². The Morgan fingerprint density at radius 3 is 2.66 bits per heavy atom. The van der Waals surface area contributed by atoms with Gasteiger partial charge in [0.15, 0.2) is 0 Å². The van der Waals surface area contributed by atoms with Crippen LogP contribution in [0, 0.1) is 0 Å². The largest absolute Gasteiger partial charge is 0.335 e. The van der Waals surface area contributed by atoms with Gasteiger partial charge in [-0.25, -0.2) is 4.98 Å². The first-order chi connectivity index (χ1) is 14.0. The number of aromatic nitrogens is 2. The highest BCUT2D eigenvalue weighted by atomic mass is 16.2. The average molecular weight is 396 g/mol. The SMILES string of the molecule is CN(C(=O)C(=O)Nc1ccc2nc3n(c(=O)c2c1)CCCCC3)C1CCCCC1. The van der Waals surface area contributed by atoms with Crippen LogP contribution in [0.15, 0.2) is 23.0 Å². The zero-order chi connectivity index (χ0) is 20.4. The minimum Gasteiger partial charge on any atom is -0.335 e. The minimum absolute atomic E-state index is 0.0753. The Morgan fingerprint density at radius 1 is 1.10 bits per heavy atom. The van der Waals surface area contributed by atoms with E-state index in [1.165, 1.54) is 6.42 Å². The van der Waals surface area contributed by atoms with Gasteiger partial charge in [0.2, 0.25) is 0 Å². The van der Waals surface area contributed by atoms with Gasteiger partial charge in [-0.2, -0.15) is 0 Å². The molecule has 1 saturated carbocycles. The fraction of sp³-hybridized carbons (Fsp3) is 0.545. The van der Waals surface area contributed by atoms with E-state index in [2.05, 4.69) is 10.3 Å². The van der Waals surface area contributed by atoms with Gasteiger partial charge in [0.1, 0.15) is 5.82 Å². The lowest BCUT2D eigenvalue weighted by Gasteiger charge is -2.30. The zero-order valence-corrected chi connectivity index (χ0v) is 16.9. The van der Waals surface area contributed by atoms with E-state index in [1.54, 1.807) is 34.7 Å². The molecule has 1 fully saturated rings. The van der Waals surface area contributed by atoms with Crippen molar-refractivity contribution in [1.29, 1.82) is 0 Å². The molecule has 0 radical (unpaired) electrons. The van der Waals surface area contributed by atoms with Crippen molar-refractivity contribution in [3.05, 3.63) is 34.4 Å². The number of hydrogen-bond acceptors (Lipinski definition) is 4. The lowest BCUT2D eigenvalue weighted by molar-refractivity contribution is -0.144. The number of rotatable bonds is 2. The van der Waals surface area contributed by atoms with E-state index in [-0.39, 0.29) is 11.6 Å². The summed E-state index contributed by atoms with van der Waals surface area (Å²) in [5.41, 5.74) is 1.00. The number of fused-ring (bicyclic) bond motifs is 2. The average Bonchev–Trinajstić information content (AvgIpc) is 2.99. The Hall–Kier alpha value is -2.70. The van der Waals surface area contributed by atoms with Gasteiger partial charge in [-0.1, -0.05) is 25.7 Å². The van der Waals surface area contributed by atoms with Gasteiger partial charge in [-0.15, -0.1) is 0 Å². The monoisotopic (exact) mass is 396 g/mol. The third kappa shape index (κ3) is 4.04. The quantitative estimate of drug-likeness (QED) is 0.791. The van der Waals surface area contributed by atoms with E-state index < -0.39 is 11.8 Å². The fourth-order valence-corrected chi connectivity index (χ4v) is 4.47. The van der Waals surface area contributed by atoms with Gasteiger partial charge in [0.05, 0.1) is 10.9 Å². The van der Waals surface area contributed by atoms with E-state index in [0.717, 1.165) is 57.2 Å². The number of amides is 2. The molecule has 2 aromatic rings. The van der Waals surface area contributed by atoms with Crippen LogP contribution in [0.25, 0.3) is 10.9 Å². The maximum atomic E-state index is 12.9. The Bertz CT molecular complexity index is 991. The molecule has 1 N–H and O–H groups in total. The topological polar surface area (TPSA) is 84.3 Å². The number of nitrogens with zero attached hydrogens (tertiary/aromatic N) is 3. The van der Waals surface area contributed by atoms with Crippen molar-refractivity contribution < 1.29 is 9.59 Å². The van der Waals surface area contributed by atoms with Crippen LogP contribution in [0.3, 0.4) is 0 Å². The summed E-state index contributed by atoms with van der Waals surface area (Å²) in [5, 5.41) is 3.14. The molecule has 1 aromatic heterocycles. The first-order valence-corrected chi connectivity index (χ1v) is 10.7. The molecule has 4 rings (SSSR count). The minimum atomic E-state index is -0.666. The first kappa shape index (κ1) is 19.6. The van der Waals surface area contributed by atoms with Crippen molar-refractivity contribution in [2.24, 2.45) is 0 Å². The molecule has 2 amide bonds. The number of benzene rings is 1. The van der Waals surface area contributed by atoms with Gasteiger partial charge < -0.3 is 10.2 Å². The van der Waals surface area contributed by atoms with E-state index in [0.29, 0.717) is 23.1 Å². The maximum Gasteiger partial charge on any atom is 0.313 e. The number of anilines is 1. The fourth-order valence-electron chi connectivity index (χ4n) is 4.47. The molecule has 0 unspecified atom stereocenters. The summed E-state index contributed by atoms with van der Waals surface area (Å²) in [6.45, 7) is 0.679. The number of likely N-dealkylation sites (N-methyl/N-ethyl adjacent to an activating group) is 1. The molecule has 1 aliphatic carbocycles. The van der Waals surface area contributed by atoms with Crippen LogP contribution < -0.4 is 10.9 Å². The normalized spacial score (nSPS) is 17.4. The van der Waals surface area contributed by atoms with Gasteiger partial charge >= 0.3 is 11.8 Å². The summed E-state index contributed by atoms with van der Waals surface area (Å²) >= 11 is 0. The van der Waals surface area contributed by atoms with Crippen LogP contribution in [0.4, 0.5) is 5.69 Å². The molecule has 2 heterocycles. The van der Waals surface area contributed by atoms with E-state index in [9.17, 15) is 14.4 Å². The summed E-state index contributed by atoms with van der Waals surface area (Å²) in [4.78, 5) is 44.2. The number of aryl methyl sites for hydroxylation is 1. The summed E-state index contributed by atoms with van der Waals surface area (Å²) in [5.74, 6) is -0.366. The van der Waals surface area contributed by atoms with Crippen LogP contribution in [-0.2, 0) is 22.6 Å². The Labute approximate surface area is 170 Å². The predicted molar refractivity (Wildman–Crippen MR) is 112 cm³/mol. The molecule has 1 aliphatic heterocycles. The molecule has 0 bridgehead atoms. The van der Waals surface area contributed by atoms with Crippen LogP contribution >= 0.6 is 0 Å². The molecule has 1 aromatic carbocycles. The van der Waals surface area contributed by atoms with Crippen LogP contribution in [0.1, 0.15) is 57.2 Å². The highest BCUT2D eigenvalue weighted by molar-refractivity contribution is 6.39. The number of hydrogen-bond donors (Lipinski definition) is 1. The highest BCUT2D eigenvalue weighted by Crippen LogP contribution is 2.22. The molecule has 154 valence electrons. The summed E-state index contributed by atoms with van der Waals surface area (Å²) in [7, 11) is 1.70. The summed E-state index contributed by atoms with van der Waals surface area (Å²) in [6, 6.07) is 5.21. The number of carbonyl (C=O) groups is 2. The summed E-state index contributed by atoms with van der Waals surface area (Å²) in [6.07, 6.45) is 9.18. The van der Waals surface area contributed by atoms with Gasteiger partial charge in [0.25, 0.3) is 5.56 Å². The smallest absolute Gasteiger partial charge is 0.313 e. The van der Waals surface area contributed by atoms with Gasteiger partial charge in [-0.05, 0) is 43.9 Å². The highest BCUT2D eigenvalue weighted by Gasteiger charge is 2.26. The predicted octanol–water partition coefficient (Wildman–Crippen LogP) is 2.85. The first-order valence-electron chi connectivity index (χ1n) is 10.7. The lowest BCUT2D eigenvalue weighted by atomic mass is 9.94. The summed E-state index contributed by atoms with van der Waals surface area (Å²) < 4.78 is 1.75. The van der Waals surface area contributed by atoms with Crippen molar-refractivity contribution in [3.8, 4) is 0 Å². The van der Waals surface area contributed by atoms with Crippen molar-refractivity contribution in [3.63, 3.8) is 0 Å². The molecule has 0 saturated heterocycles. The van der Waals surface area contributed by atoms with E-state index >= 15 is 0 Å². The second-order valence-corrected chi connectivity index (χ2v) is 8.19. The molecule has 0 atom stereocenters.